The van der Waals surface area contributed by atoms with Gasteiger partial charge in [0.25, 0.3) is 0 Å². The van der Waals surface area contributed by atoms with Gasteiger partial charge >= 0.3 is 0 Å². The fourth-order valence-corrected chi connectivity index (χ4v) is 2.04. The summed E-state index contributed by atoms with van der Waals surface area (Å²) in [5.74, 6) is 0.691. The first-order valence-corrected chi connectivity index (χ1v) is 6.93. The number of Topliss-reactive ketones (excluding diaryl/α,β-unsaturated/α-hetero) is 1. The molecule has 0 fully saturated rings. The predicted molar refractivity (Wildman–Crippen MR) is 79.9 cm³/mol. The molecule has 20 heavy (non-hydrogen) atoms. The molecule has 0 unspecified atom stereocenters. The third-order valence-electron chi connectivity index (χ3n) is 3.30. The van der Waals surface area contributed by atoms with Gasteiger partial charge in [-0.3, -0.25) is 4.79 Å². The van der Waals surface area contributed by atoms with Crippen molar-refractivity contribution in [2.24, 2.45) is 0 Å². The van der Waals surface area contributed by atoms with Gasteiger partial charge in [0, 0.05) is 25.2 Å². The van der Waals surface area contributed by atoms with Crippen LogP contribution in [-0.2, 0) is 4.79 Å². The first kappa shape index (κ1) is 16.0. The van der Waals surface area contributed by atoms with E-state index in [9.17, 15) is 10.1 Å². The van der Waals surface area contributed by atoms with Gasteiger partial charge in [-0.25, -0.2) is 0 Å². The lowest BCUT2D eigenvalue weighted by Crippen LogP contribution is -2.37. The van der Waals surface area contributed by atoms with Crippen LogP contribution in [0.3, 0.4) is 0 Å². The highest BCUT2D eigenvalue weighted by atomic mass is 16.5. The number of benzene rings is 1. The summed E-state index contributed by atoms with van der Waals surface area (Å²) in [5.41, 5.74) is 0.805. The second-order valence-corrected chi connectivity index (χ2v) is 4.77. The average Bonchev–Trinajstić information content (AvgIpc) is 2.48. The van der Waals surface area contributed by atoms with Crippen LogP contribution in [0.25, 0.3) is 0 Å². The fraction of sp³-hybridized carbons (Fsp3) is 0.500. The number of nitriles is 1. The minimum absolute atomic E-state index is 0.0220. The van der Waals surface area contributed by atoms with E-state index in [2.05, 4.69) is 13.0 Å². The van der Waals surface area contributed by atoms with Gasteiger partial charge in [0.05, 0.1) is 13.2 Å². The van der Waals surface area contributed by atoms with E-state index >= 15 is 0 Å². The van der Waals surface area contributed by atoms with Crippen molar-refractivity contribution in [1.82, 2.24) is 0 Å². The third kappa shape index (κ3) is 4.27. The number of carbonyl (C=O) groups excluding carboxylic acids is 1. The zero-order chi connectivity index (χ0) is 15.0. The van der Waals surface area contributed by atoms with Gasteiger partial charge in [-0.1, -0.05) is 25.8 Å². The lowest BCUT2D eigenvalue weighted by atomic mass is 10.1. The van der Waals surface area contributed by atoms with Crippen molar-refractivity contribution in [3.8, 4) is 11.8 Å². The van der Waals surface area contributed by atoms with E-state index in [1.807, 2.05) is 24.3 Å². The molecule has 0 aromatic heterocycles. The van der Waals surface area contributed by atoms with Crippen LogP contribution in [-0.4, -0.2) is 26.0 Å². The molecule has 1 aromatic carbocycles. The maximum atomic E-state index is 12.1. The quantitative estimate of drug-likeness (QED) is 0.683. The molecule has 0 N–H and O–H groups in total. The molecule has 0 heterocycles. The minimum atomic E-state index is -0.737. The first-order valence-electron chi connectivity index (χ1n) is 6.93. The maximum Gasteiger partial charge on any atom is 0.175 e. The molecule has 1 atom stereocenters. The topological polar surface area (TPSA) is 53.3 Å². The lowest BCUT2D eigenvalue weighted by Gasteiger charge is -2.24. The Morgan fingerprint density at radius 1 is 1.45 bits per heavy atom. The van der Waals surface area contributed by atoms with Crippen molar-refractivity contribution < 1.29 is 9.53 Å². The van der Waals surface area contributed by atoms with Crippen LogP contribution in [0.4, 0.5) is 5.69 Å². The van der Waals surface area contributed by atoms with Crippen LogP contribution in [0.15, 0.2) is 24.3 Å². The Morgan fingerprint density at radius 2 is 2.20 bits per heavy atom. The number of hydrogen-bond acceptors (Lipinski definition) is 4. The van der Waals surface area contributed by atoms with Gasteiger partial charge in [0.1, 0.15) is 5.75 Å². The molecule has 0 radical (unpaired) electrons. The summed E-state index contributed by atoms with van der Waals surface area (Å²) in [6.07, 6.45) is 3.39. The number of rotatable bonds is 8. The summed E-state index contributed by atoms with van der Waals surface area (Å²) in [6.45, 7) is 2.09. The van der Waals surface area contributed by atoms with E-state index in [0.717, 1.165) is 24.9 Å². The van der Waals surface area contributed by atoms with Gasteiger partial charge in [0.15, 0.2) is 11.8 Å². The van der Waals surface area contributed by atoms with Crippen LogP contribution in [0.5, 0.6) is 5.75 Å². The number of likely N-dealkylation sites (N-methyl/N-ethyl adjacent to an activating group) is 1. The number of hydrogen-bond donors (Lipinski definition) is 0. The highest BCUT2D eigenvalue weighted by Crippen LogP contribution is 2.22. The summed E-state index contributed by atoms with van der Waals surface area (Å²) >= 11 is 0. The number of anilines is 1. The average molecular weight is 274 g/mol. The van der Waals surface area contributed by atoms with Crippen LogP contribution in [0.1, 0.15) is 32.6 Å². The number of ketones is 1. The van der Waals surface area contributed by atoms with E-state index in [-0.39, 0.29) is 5.78 Å². The molecule has 0 bridgehead atoms. The van der Waals surface area contributed by atoms with Crippen molar-refractivity contribution in [2.75, 3.05) is 19.1 Å². The Balaban J connectivity index is 2.78. The van der Waals surface area contributed by atoms with Crippen molar-refractivity contribution in [3.05, 3.63) is 24.3 Å². The summed E-state index contributed by atoms with van der Waals surface area (Å²) in [5, 5.41) is 9.27. The normalized spacial score (nSPS) is 11.5. The van der Waals surface area contributed by atoms with E-state index in [1.165, 1.54) is 0 Å². The Hall–Kier alpha value is -2.02. The smallest absolute Gasteiger partial charge is 0.175 e. The van der Waals surface area contributed by atoms with E-state index < -0.39 is 6.04 Å². The van der Waals surface area contributed by atoms with Crippen molar-refractivity contribution in [3.63, 3.8) is 0 Å². The Bertz CT molecular complexity index is 480. The standard InChI is InChI=1S/C16H22N2O2/c1-4-5-6-10-16(19)15(12-17)18(2)13-8-7-9-14(11-13)20-3/h7-9,11,15H,4-6,10H2,1-3H3/t15-/m0/s1. The zero-order valence-electron chi connectivity index (χ0n) is 12.4. The molecule has 4 nitrogen and oxygen atoms in total. The number of carbonyl (C=O) groups is 1. The second-order valence-electron chi connectivity index (χ2n) is 4.77. The highest BCUT2D eigenvalue weighted by Gasteiger charge is 2.22. The van der Waals surface area contributed by atoms with Gasteiger partial charge in [-0.2, -0.15) is 5.26 Å². The molecule has 0 aliphatic carbocycles. The molecule has 1 aromatic rings. The Labute approximate surface area is 121 Å². The third-order valence-corrected chi connectivity index (χ3v) is 3.30. The second kappa shape index (κ2) is 8.21. The molecular weight excluding hydrogens is 252 g/mol. The molecule has 0 aliphatic rings. The Kier molecular flexibility index (Phi) is 6.58. The Morgan fingerprint density at radius 3 is 2.80 bits per heavy atom. The maximum absolute atomic E-state index is 12.1. The van der Waals surface area contributed by atoms with Gasteiger partial charge in [0.2, 0.25) is 0 Å². The summed E-state index contributed by atoms with van der Waals surface area (Å²) in [7, 11) is 3.36. The van der Waals surface area contributed by atoms with Crippen LogP contribution >= 0.6 is 0 Å². The van der Waals surface area contributed by atoms with Crippen LogP contribution in [0.2, 0.25) is 0 Å². The van der Waals surface area contributed by atoms with Crippen molar-refractivity contribution >= 4 is 11.5 Å². The number of ether oxygens (including phenoxy) is 1. The van der Waals surface area contributed by atoms with Crippen molar-refractivity contribution in [1.29, 1.82) is 5.26 Å². The van der Waals surface area contributed by atoms with Crippen LogP contribution in [0, 0.1) is 11.3 Å². The predicted octanol–water partition coefficient (Wildman–Crippen LogP) is 3.17. The van der Waals surface area contributed by atoms with Gasteiger partial charge < -0.3 is 9.64 Å². The minimum Gasteiger partial charge on any atom is -0.497 e. The molecule has 108 valence electrons. The molecule has 0 spiro atoms. The number of unbranched alkanes of at least 4 members (excludes halogenated alkanes) is 2. The SMILES string of the molecule is CCCCCC(=O)[C@H](C#N)N(C)c1cccc(OC)c1. The largest absolute Gasteiger partial charge is 0.497 e. The van der Waals surface area contributed by atoms with E-state index in [4.69, 9.17) is 4.74 Å². The first-order chi connectivity index (χ1) is 9.63. The van der Waals surface area contributed by atoms with Gasteiger partial charge in [-0.05, 0) is 18.6 Å². The molecular formula is C16H22N2O2. The summed E-state index contributed by atoms with van der Waals surface area (Å²) in [6, 6.07) is 8.74. The molecule has 1 rings (SSSR count). The summed E-state index contributed by atoms with van der Waals surface area (Å²) < 4.78 is 5.16. The molecule has 0 aliphatic heterocycles. The monoisotopic (exact) mass is 274 g/mol. The van der Waals surface area contributed by atoms with E-state index in [0.29, 0.717) is 12.2 Å². The van der Waals surface area contributed by atoms with E-state index in [1.54, 1.807) is 19.1 Å². The zero-order valence-corrected chi connectivity index (χ0v) is 12.4. The van der Waals surface area contributed by atoms with Crippen molar-refractivity contribution in [2.45, 2.75) is 38.6 Å². The molecule has 0 amide bonds. The molecule has 4 heteroatoms. The molecule has 0 saturated heterocycles. The van der Waals surface area contributed by atoms with Crippen LogP contribution < -0.4 is 9.64 Å². The van der Waals surface area contributed by atoms with Gasteiger partial charge in [-0.15, -0.1) is 0 Å². The lowest BCUT2D eigenvalue weighted by molar-refractivity contribution is -0.119. The number of methoxy groups -OCH3 is 1. The molecule has 0 saturated carbocycles. The highest BCUT2D eigenvalue weighted by molar-refractivity contribution is 5.89. The number of nitrogens with zero attached hydrogens (tertiary/aromatic N) is 2. The summed E-state index contributed by atoms with van der Waals surface area (Å²) in [4.78, 5) is 13.8. The fourth-order valence-electron chi connectivity index (χ4n) is 2.04.